The molecule has 19 heavy (non-hydrogen) atoms. The predicted molar refractivity (Wildman–Crippen MR) is 73.6 cm³/mol. The molecule has 1 saturated carbocycles. The first-order chi connectivity index (χ1) is 8.99. The summed E-state index contributed by atoms with van der Waals surface area (Å²) in [4.78, 5) is 21.6. The molecule has 5 heteroatoms. The quantitative estimate of drug-likeness (QED) is 0.907. The lowest BCUT2D eigenvalue weighted by molar-refractivity contribution is 0.0695. The number of carboxylic acids is 1. The highest BCUT2D eigenvalue weighted by Crippen LogP contribution is 2.28. The van der Waals surface area contributed by atoms with Crippen LogP contribution in [0, 0.1) is 12.8 Å². The number of carbonyl (C=O) groups is 1. The van der Waals surface area contributed by atoms with Crippen LogP contribution >= 0.6 is 0 Å². The van der Waals surface area contributed by atoms with Gasteiger partial charge in [-0.3, -0.25) is 0 Å². The zero-order valence-electron chi connectivity index (χ0n) is 11.8. The molecule has 5 nitrogen and oxygen atoms in total. The minimum absolute atomic E-state index is 0.175. The van der Waals surface area contributed by atoms with Gasteiger partial charge >= 0.3 is 5.97 Å². The second kappa shape index (κ2) is 5.55. The summed E-state index contributed by atoms with van der Waals surface area (Å²) >= 11 is 0. The van der Waals surface area contributed by atoms with E-state index in [0.717, 1.165) is 18.8 Å². The molecule has 1 fully saturated rings. The van der Waals surface area contributed by atoms with Crippen LogP contribution in [-0.2, 0) is 0 Å². The maximum Gasteiger partial charge on any atom is 0.339 e. The molecule has 1 aliphatic carbocycles. The molecule has 1 aromatic rings. The Morgan fingerprint density at radius 3 is 2.79 bits per heavy atom. The van der Waals surface area contributed by atoms with Gasteiger partial charge in [0.1, 0.15) is 0 Å². The van der Waals surface area contributed by atoms with Crippen molar-refractivity contribution in [1.29, 1.82) is 0 Å². The van der Waals surface area contributed by atoms with Crippen LogP contribution in [-0.4, -0.2) is 34.1 Å². The third-order valence-electron chi connectivity index (χ3n) is 3.97. The first-order valence-electron chi connectivity index (χ1n) is 6.78. The van der Waals surface area contributed by atoms with Crippen molar-refractivity contribution < 1.29 is 9.90 Å². The lowest BCUT2D eigenvalue weighted by Gasteiger charge is -2.34. The van der Waals surface area contributed by atoms with Gasteiger partial charge in [0, 0.05) is 19.3 Å². The molecule has 0 aromatic carbocycles. The van der Waals surface area contributed by atoms with Gasteiger partial charge in [-0.1, -0.05) is 19.8 Å². The van der Waals surface area contributed by atoms with Gasteiger partial charge in [-0.2, -0.15) is 0 Å². The van der Waals surface area contributed by atoms with E-state index in [1.165, 1.54) is 19.0 Å². The molecule has 1 heterocycles. The third-order valence-corrected chi connectivity index (χ3v) is 3.97. The lowest BCUT2D eigenvalue weighted by atomic mass is 9.86. The summed E-state index contributed by atoms with van der Waals surface area (Å²) in [6.45, 7) is 3.99. The van der Waals surface area contributed by atoms with Gasteiger partial charge in [0.05, 0.1) is 11.3 Å². The average Bonchev–Trinajstić information content (AvgIpc) is 2.37. The predicted octanol–water partition coefficient (Wildman–Crippen LogP) is 2.50. The SMILES string of the molecule is Cc1nc(N(C)C2CCCC(C)C2)ncc1C(=O)O. The van der Waals surface area contributed by atoms with Crippen molar-refractivity contribution in [3.8, 4) is 0 Å². The van der Waals surface area contributed by atoms with Crippen LogP contribution in [0.2, 0.25) is 0 Å². The van der Waals surface area contributed by atoms with Crippen LogP contribution < -0.4 is 4.90 Å². The van der Waals surface area contributed by atoms with E-state index in [1.807, 2.05) is 7.05 Å². The van der Waals surface area contributed by atoms with E-state index in [4.69, 9.17) is 5.11 Å². The summed E-state index contributed by atoms with van der Waals surface area (Å²) in [7, 11) is 2.00. The summed E-state index contributed by atoms with van der Waals surface area (Å²) in [6, 6.07) is 0.457. The van der Waals surface area contributed by atoms with Crippen LogP contribution in [0.15, 0.2) is 6.20 Å². The van der Waals surface area contributed by atoms with Crippen LogP contribution in [0.3, 0.4) is 0 Å². The van der Waals surface area contributed by atoms with Gasteiger partial charge < -0.3 is 10.0 Å². The Morgan fingerprint density at radius 2 is 2.21 bits per heavy atom. The van der Waals surface area contributed by atoms with Crippen molar-refractivity contribution in [2.24, 2.45) is 5.92 Å². The van der Waals surface area contributed by atoms with Crippen molar-refractivity contribution in [2.45, 2.75) is 45.6 Å². The number of hydrogen-bond donors (Lipinski definition) is 1. The summed E-state index contributed by atoms with van der Waals surface area (Å²) in [5.41, 5.74) is 0.697. The van der Waals surface area contributed by atoms with Crippen molar-refractivity contribution in [1.82, 2.24) is 9.97 Å². The molecule has 2 unspecified atom stereocenters. The second-order valence-corrected chi connectivity index (χ2v) is 5.51. The van der Waals surface area contributed by atoms with Crippen molar-refractivity contribution >= 4 is 11.9 Å². The number of aryl methyl sites for hydroxylation is 1. The molecule has 0 radical (unpaired) electrons. The molecular weight excluding hydrogens is 242 g/mol. The van der Waals surface area contributed by atoms with Gasteiger partial charge in [0.2, 0.25) is 5.95 Å². The van der Waals surface area contributed by atoms with Crippen molar-refractivity contribution in [2.75, 3.05) is 11.9 Å². The fourth-order valence-electron chi connectivity index (χ4n) is 2.75. The molecule has 1 aliphatic rings. The summed E-state index contributed by atoms with van der Waals surface area (Å²) in [6.07, 6.45) is 6.25. The van der Waals surface area contributed by atoms with E-state index >= 15 is 0 Å². The molecule has 0 saturated heterocycles. The van der Waals surface area contributed by atoms with Gasteiger partial charge in [0.15, 0.2) is 0 Å². The fourth-order valence-corrected chi connectivity index (χ4v) is 2.75. The van der Waals surface area contributed by atoms with Crippen LogP contribution in [0.1, 0.15) is 48.7 Å². The van der Waals surface area contributed by atoms with Gasteiger partial charge in [-0.05, 0) is 25.7 Å². The number of rotatable bonds is 3. The Bertz CT molecular complexity index is 476. The van der Waals surface area contributed by atoms with E-state index in [-0.39, 0.29) is 5.56 Å². The Kier molecular flexibility index (Phi) is 4.02. The largest absolute Gasteiger partial charge is 0.478 e. The first kappa shape index (κ1) is 13.8. The molecule has 0 amide bonds. The Labute approximate surface area is 113 Å². The van der Waals surface area contributed by atoms with E-state index in [0.29, 0.717) is 17.7 Å². The number of aromatic carboxylic acids is 1. The second-order valence-electron chi connectivity index (χ2n) is 5.51. The van der Waals surface area contributed by atoms with Crippen molar-refractivity contribution in [3.63, 3.8) is 0 Å². The topological polar surface area (TPSA) is 66.3 Å². The number of carboxylic acid groups (broad SMARTS) is 1. The number of aromatic nitrogens is 2. The molecule has 2 atom stereocenters. The van der Waals surface area contributed by atoms with E-state index in [9.17, 15) is 4.79 Å². The third kappa shape index (κ3) is 3.03. The number of nitrogens with zero attached hydrogens (tertiary/aromatic N) is 3. The maximum absolute atomic E-state index is 11.0. The summed E-state index contributed by atoms with van der Waals surface area (Å²) < 4.78 is 0. The Morgan fingerprint density at radius 1 is 1.47 bits per heavy atom. The highest BCUT2D eigenvalue weighted by Gasteiger charge is 2.24. The normalized spacial score (nSPS) is 23.1. The number of hydrogen-bond acceptors (Lipinski definition) is 4. The fraction of sp³-hybridized carbons (Fsp3) is 0.643. The first-order valence-corrected chi connectivity index (χ1v) is 6.78. The van der Waals surface area contributed by atoms with E-state index < -0.39 is 5.97 Å². The molecule has 1 aromatic heterocycles. The monoisotopic (exact) mass is 263 g/mol. The zero-order chi connectivity index (χ0) is 14.0. The molecule has 0 bridgehead atoms. The minimum atomic E-state index is -0.974. The number of anilines is 1. The average molecular weight is 263 g/mol. The van der Waals surface area contributed by atoms with Crippen molar-refractivity contribution in [3.05, 3.63) is 17.5 Å². The summed E-state index contributed by atoms with van der Waals surface area (Å²) in [5.74, 6) is 0.389. The molecule has 2 rings (SSSR count). The Balaban J connectivity index is 2.17. The molecule has 1 N–H and O–H groups in total. The van der Waals surface area contributed by atoms with Gasteiger partial charge in [-0.25, -0.2) is 14.8 Å². The van der Waals surface area contributed by atoms with Gasteiger partial charge in [-0.15, -0.1) is 0 Å². The summed E-state index contributed by atoms with van der Waals surface area (Å²) in [5, 5.41) is 8.98. The van der Waals surface area contributed by atoms with Crippen LogP contribution in [0.4, 0.5) is 5.95 Å². The molecule has 0 aliphatic heterocycles. The maximum atomic E-state index is 11.0. The Hall–Kier alpha value is -1.65. The smallest absolute Gasteiger partial charge is 0.339 e. The molecule has 0 spiro atoms. The standard InChI is InChI=1S/C14H21N3O2/c1-9-5-4-6-11(7-9)17(3)14-15-8-12(13(18)19)10(2)16-14/h8-9,11H,4-7H2,1-3H3,(H,18,19). The highest BCUT2D eigenvalue weighted by atomic mass is 16.4. The lowest BCUT2D eigenvalue weighted by Crippen LogP contribution is -2.36. The molecular formula is C14H21N3O2. The van der Waals surface area contributed by atoms with E-state index in [2.05, 4.69) is 21.8 Å². The highest BCUT2D eigenvalue weighted by molar-refractivity contribution is 5.88. The van der Waals surface area contributed by atoms with Crippen LogP contribution in [0.25, 0.3) is 0 Å². The minimum Gasteiger partial charge on any atom is -0.478 e. The van der Waals surface area contributed by atoms with Gasteiger partial charge in [0.25, 0.3) is 0 Å². The van der Waals surface area contributed by atoms with Crippen LogP contribution in [0.5, 0.6) is 0 Å². The zero-order valence-corrected chi connectivity index (χ0v) is 11.8. The van der Waals surface area contributed by atoms with E-state index in [1.54, 1.807) is 6.92 Å². The molecule has 104 valence electrons.